The van der Waals surface area contributed by atoms with Gasteiger partial charge >= 0.3 is 5.97 Å². The van der Waals surface area contributed by atoms with E-state index in [1.165, 1.54) is 23.4 Å². The first kappa shape index (κ1) is 24.9. The third-order valence-corrected chi connectivity index (χ3v) is 8.44. The second-order valence-electron chi connectivity index (χ2n) is 11.1. The smallest absolute Gasteiger partial charge is 0.309 e. The number of nitrogens with zero attached hydrogens (tertiary/aromatic N) is 5. The van der Waals surface area contributed by atoms with E-state index in [-0.39, 0.29) is 35.3 Å². The summed E-state index contributed by atoms with van der Waals surface area (Å²) in [5, 5.41) is 4.70. The molecule has 9 heteroatoms. The molecule has 2 saturated carbocycles. The quantitative estimate of drug-likeness (QED) is 0.312. The minimum absolute atomic E-state index is 0.0473. The minimum atomic E-state index is -0.451. The molecule has 2 aliphatic carbocycles. The number of halogens is 1. The molecule has 1 aliphatic heterocycles. The average Bonchev–Trinajstić information content (AvgIpc) is 3.89. The van der Waals surface area contributed by atoms with E-state index in [1.54, 1.807) is 17.5 Å². The van der Waals surface area contributed by atoms with Crippen molar-refractivity contribution in [2.45, 2.75) is 57.4 Å². The van der Waals surface area contributed by atoms with Crippen molar-refractivity contribution >= 4 is 17.5 Å². The monoisotopic (exact) mass is 539 g/mol. The van der Waals surface area contributed by atoms with Gasteiger partial charge in [-0.2, -0.15) is 5.10 Å². The standard InChI is InChI=1S/C31H30FN5O3/c1-3-40-31(39)22-12-21(22)25-13-24(32)23(16-33-25)26-15-29-34-27(14-28(19-8-9-19)37(29)35-26)30(38)36-11-10-18-6-4-5-7-20(18)17(36)2/h4-7,13-17,19,21-22H,3,8-12H2,1-2H3/t17-,21?,22?/m1/s1. The third-order valence-electron chi connectivity index (χ3n) is 8.44. The molecule has 0 radical (unpaired) electrons. The summed E-state index contributed by atoms with van der Waals surface area (Å²) in [6.07, 6.45) is 4.94. The van der Waals surface area contributed by atoms with Gasteiger partial charge in [0.2, 0.25) is 0 Å². The number of benzene rings is 1. The second-order valence-corrected chi connectivity index (χ2v) is 11.1. The van der Waals surface area contributed by atoms with Gasteiger partial charge in [-0.3, -0.25) is 14.6 Å². The van der Waals surface area contributed by atoms with Crippen molar-refractivity contribution in [2.24, 2.45) is 5.92 Å². The van der Waals surface area contributed by atoms with E-state index in [4.69, 9.17) is 14.8 Å². The Balaban J connectivity index is 1.20. The summed E-state index contributed by atoms with van der Waals surface area (Å²) in [6, 6.07) is 13.2. The normalized spacial score (nSPS) is 21.8. The Kier molecular flexibility index (Phi) is 5.91. The molecular formula is C31H30FN5O3. The van der Waals surface area contributed by atoms with Crippen LogP contribution in [-0.2, 0) is 16.0 Å². The largest absolute Gasteiger partial charge is 0.466 e. The topological polar surface area (TPSA) is 89.7 Å². The van der Waals surface area contributed by atoms with E-state index in [1.807, 2.05) is 23.1 Å². The lowest BCUT2D eigenvalue weighted by Crippen LogP contribution is -2.39. The van der Waals surface area contributed by atoms with Gasteiger partial charge < -0.3 is 9.64 Å². The van der Waals surface area contributed by atoms with Crippen LogP contribution in [0.5, 0.6) is 0 Å². The molecule has 3 aromatic heterocycles. The molecule has 0 bridgehead atoms. The number of hydrogen-bond acceptors (Lipinski definition) is 6. The van der Waals surface area contributed by atoms with Crippen molar-refractivity contribution in [2.75, 3.05) is 13.2 Å². The van der Waals surface area contributed by atoms with Gasteiger partial charge in [-0.15, -0.1) is 0 Å². The lowest BCUT2D eigenvalue weighted by molar-refractivity contribution is -0.144. The number of rotatable bonds is 6. The fraction of sp³-hybridized carbons (Fsp3) is 0.387. The second kappa shape index (κ2) is 9.50. The number of hydrogen-bond donors (Lipinski definition) is 0. The lowest BCUT2D eigenvalue weighted by Gasteiger charge is -2.35. The molecule has 8 nitrogen and oxygen atoms in total. The Hall–Kier alpha value is -4.14. The molecule has 1 amide bonds. The Morgan fingerprint density at radius 1 is 1.15 bits per heavy atom. The predicted octanol–water partition coefficient (Wildman–Crippen LogP) is 5.23. The van der Waals surface area contributed by atoms with Crippen molar-refractivity contribution in [3.63, 3.8) is 0 Å². The first-order valence-electron chi connectivity index (χ1n) is 14.0. The number of pyridine rings is 1. The molecule has 4 aromatic rings. The summed E-state index contributed by atoms with van der Waals surface area (Å²) in [5.41, 5.74) is 5.49. The number of amides is 1. The number of ether oxygens (including phenoxy) is 1. The summed E-state index contributed by atoms with van der Waals surface area (Å²) in [5.74, 6) is -0.898. The molecule has 4 heterocycles. The molecule has 2 unspecified atom stereocenters. The van der Waals surface area contributed by atoms with E-state index < -0.39 is 5.82 Å². The number of aromatic nitrogens is 4. The summed E-state index contributed by atoms with van der Waals surface area (Å²) in [7, 11) is 0. The van der Waals surface area contributed by atoms with E-state index in [0.29, 0.717) is 48.2 Å². The summed E-state index contributed by atoms with van der Waals surface area (Å²) >= 11 is 0. The van der Waals surface area contributed by atoms with Gasteiger partial charge in [0.15, 0.2) is 5.65 Å². The van der Waals surface area contributed by atoms with Crippen LogP contribution in [0.1, 0.15) is 84.0 Å². The van der Waals surface area contributed by atoms with Crippen molar-refractivity contribution in [1.29, 1.82) is 0 Å². The summed E-state index contributed by atoms with van der Waals surface area (Å²) in [4.78, 5) is 36.8. The first-order valence-corrected chi connectivity index (χ1v) is 14.0. The molecule has 3 aliphatic rings. The highest BCUT2D eigenvalue weighted by Gasteiger charge is 2.46. The van der Waals surface area contributed by atoms with Gasteiger partial charge in [-0.05, 0) is 62.8 Å². The molecule has 3 atom stereocenters. The van der Waals surface area contributed by atoms with Crippen molar-refractivity contribution in [3.8, 4) is 11.3 Å². The highest BCUT2D eigenvalue weighted by Crippen LogP contribution is 2.48. The maximum absolute atomic E-state index is 15.3. The Morgan fingerprint density at radius 2 is 1.98 bits per heavy atom. The molecule has 0 saturated heterocycles. The maximum Gasteiger partial charge on any atom is 0.309 e. The fourth-order valence-corrected chi connectivity index (χ4v) is 5.97. The number of fused-ring (bicyclic) bond motifs is 2. The van der Waals surface area contributed by atoms with Crippen molar-refractivity contribution in [1.82, 2.24) is 24.5 Å². The zero-order valence-corrected chi connectivity index (χ0v) is 22.5. The molecule has 0 N–H and O–H groups in total. The van der Waals surface area contributed by atoms with Crippen LogP contribution >= 0.6 is 0 Å². The number of carbonyl (C=O) groups is 2. The third kappa shape index (κ3) is 4.24. The molecule has 7 rings (SSSR count). The number of carbonyl (C=O) groups excluding carboxylic acids is 2. The van der Waals surface area contributed by atoms with Crippen LogP contribution in [0.4, 0.5) is 4.39 Å². The maximum atomic E-state index is 15.3. The molecular weight excluding hydrogens is 509 g/mol. The van der Waals surface area contributed by atoms with Gasteiger partial charge in [0.25, 0.3) is 5.91 Å². The van der Waals surface area contributed by atoms with E-state index in [2.05, 4.69) is 24.0 Å². The van der Waals surface area contributed by atoms with Crippen LogP contribution in [0.15, 0.2) is 48.7 Å². The van der Waals surface area contributed by atoms with Gasteiger partial charge in [0.05, 0.1) is 29.8 Å². The molecule has 204 valence electrons. The Bertz CT molecular complexity index is 1660. The van der Waals surface area contributed by atoms with Gasteiger partial charge in [-0.1, -0.05) is 24.3 Å². The first-order chi connectivity index (χ1) is 19.4. The Morgan fingerprint density at radius 3 is 2.75 bits per heavy atom. The van der Waals surface area contributed by atoms with Crippen LogP contribution in [0, 0.1) is 11.7 Å². The molecule has 40 heavy (non-hydrogen) atoms. The van der Waals surface area contributed by atoms with Gasteiger partial charge in [0.1, 0.15) is 11.5 Å². The van der Waals surface area contributed by atoms with Crippen LogP contribution in [0.25, 0.3) is 16.9 Å². The fourth-order valence-electron chi connectivity index (χ4n) is 5.97. The van der Waals surface area contributed by atoms with Crippen LogP contribution in [-0.4, -0.2) is 49.5 Å². The molecule has 0 spiro atoms. The van der Waals surface area contributed by atoms with E-state index >= 15 is 4.39 Å². The van der Waals surface area contributed by atoms with Crippen molar-refractivity contribution < 1.29 is 18.7 Å². The van der Waals surface area contributed by atoms with Crippen LogP contribution in [0.3, 0.4) is 0 Å². The molecule has 1 aromatic carbocycles. The van der Waals surface area contributed by atoms with Crippen LogP contribution in [0.2, 0.25) is 0 Å². The highest BCUT2D eigenvalue weighted by atomic mass is 19.1. The van der Waals surface area contributed by atoms with Gasteiger partial charge in [0, 0.05) is 42.0 Å². The number of esters is 1. The zero-order valence-electron chi connectivity index (χ0n) is 22.5. The molecule has 2 fully saturated rings. The van der Waals surface area contributed by atoms with Gasteiger partial charge in [-0.25, -0.2) is 13.9 Å². The van der Waals surface area contributed by atoms with E-state index in [0.717, 1.165) is 25.0 Å². The minimum Gasteiger partial charge on any atom is -0.466 e. The van der Waals surface area contributed by atoms with E-state index in [9.17, 15) is 9.59 Å². The van der Waals surface area contributed by atoms with Crippen molar-refractivity contribution in [3.05, 3.63) is 82.7 Å². The summed E-state index contributed by atoms with van der Waals surface area (Å²) in [6.45, 7) is 4.79. The zero-order chi connectivity index (χ0) is 27.5. The predicted molar refractivity (Wildman–Crippen MR) is 145 cm³/mol. The average molecular weight is 540 g/mol. The Labute approximate surface area is 231 Å². The van der Waals surface area contributed by atoms with Crippen LogP contribution < -0.4 is 0 Å². The highest BCUT2D eigenvalue weighted by molar-refractivity contribution is 5.93. The lowest BCUT2D eigenvalue weighted by atomic mass is 9.93. The summed E-state index contributed by atoms with van der Waals surface area (Å²) < 4.78 is 22.2. The SMILES string of the molecule is CCOC(=O)C1CC1c1cc(F)c(-c2cc3nc(C(=O)N4CCc5ccccc5[C@H]4C)cc(C4CC4)n3n2)cn1.